The van der Waals surface area contributed by atoms with Crippen molar-refractivity contribution in [2.45, 2.75) is 45.8 Å². The van der Waals surface area contributed by atoms with Crippen molar-refractivity contribution in [3.05, 3.63) is 29.3 Å². The van der Waals surface area contributed by atoms with E-state index >= 15 is 0 Å². The van der Waals surface area contributed by atoms with Crippen molar-refractivity contribution in [2.24, 2.45) is 0 Å². The number of carbonyl (C=O) groups is 1. The summed E-state index contributed by atoms with van der Waals surface area (Å²) in [7, 11) is 0. The lowest BCUT2D eigenvalue weighted by Gasteiger charge is -2.42. The molecular formula is C16H20N2O2. The van der Waals surface area contributed by atoms with Crippen LogP contribution >= 0.6 is 0 Å². The van der Waals surface area contributed by atoms with Gasteiger partial charge in [0.25, 0.3) is 0 Å². The number of rotatable bonds is 2. The van der Waals surface area contributed by atoms with Gasteiger partial charge in [-0.1, -0.05) is 0 Å². The fourth-order valence-corrected chi connectivity index (χ4v) is 2.83. The molecule has 0 saturated heterocycles. The average Bonchev–Trinajstić information content (AvgIpc) is 2.37. The summed E-state index contributed by atoms with van der Waals surface area (Å²) in [6.45, 7) is 8.24. The predicted molar refractivity (Wildman–Crippen MR) is 76.3 cm³/mol. The van der Waals surface area contributed by atoms with Crippen LogP contribution in [-0.2, 0) is 4.79 Å². The molecule has 0 fully saturated rings. The van der Waals surface area contributed by atoms with E-state index in [2.05, 4.69) is 6.07 Å². The van der Waals surface area contributed by atoms with E-state index in [4.69, 9.17) is 10.00 Å². The van der Waals surface area contributed by atoms with Gasteiger partial charge in [-0.15, -0.1) is 0 Å². The zero-order valence-corrected chi connectivity index (χ0v) is 12.4. The Morgan fingerprint density at radius 2 is 2.25 bits per heavy atom. The zero-order valence-electron chi connectivity index (χ0n) is 12.4. The van der Waals surface area contributed by atoms with Gasteiger partial charge in [-0.2, -0.15) is 5.26 Å². The summed E-state index contributed by atoms with van der Waals surface area (Å²) in [6.07, 6.45) is 0.725. The fourth-order valence-electron chi connectivity index (χ4n) is 2.83. The predicted octanol–water partition coefficient (Wildman–Crippen LogP) is 3.03. The number of hydrogen-bond acceptors (Lipinski definition) is 3. The minimum Gasteiger partial charge on any atom is -0.487 e. The van der Waals surface area contributed by atoms with Gasteiger partial charge in [-0.3, -0.25) is 4.79 Å². The SMILES string of the molecule is CCN(C(C)=O)C1CC(C)(C)Oc2ccc(C#N)cc21. The molecule has 1 atom stereocenters. The second-order valence-electron chi connectivity index (χ2n) is 5.75. The van der Waals surface area contributed by atoms with Crippen LogP contribution in [-0.4, -0.2) is 23.0 Å². The van der Waals surface area contributed by atoms with E-state index in [9.17, 15) is 4.79 Å². The molecule has 1 aromatic rings. The van der Waals surface area contributed by atoms with E-state index in [0.29, 0.717) is 12.1 Å². The molecule has 1 aliphatic rings. The Kier molecular flexibility index (Phi) is 3.71. The van der Waals surface area contributed by atoms with Crippen molar-refractivity contribution >= 4 is 5.91 Å². The Balaban J connectivity index is 2.53. The highest BCUT2D eigenvalue weighted by Crippen LogP contribution is 2.42. The first-order valence-corrected chi connectivity index (χ1v) is 6.88. The van der Waals surface area contributed by atoms with Crippen molar-refractivity contribution in [1.82, 2.24) is 4.90 Å². The summed E-state index contributed by atoms with van der Waals surface area (Å²) >= 11 is 0. The van der Waals surface area contributed by atoms with Gasteiger partial charge in [-0.05, 0) is 39.0 Å². The molecule has 1 unspecified atom stereocenters. The van der Waals surface area contributed by atoms with Crippen LogP contribution in [0.4, 0.5) is 0 Å². The molecule has 1 aromatic carbocycles. The molecule has 0 bridgehead atoms. The minimum absolute atomic E-state index is 0.0375. The number of hydrogen-bond donors (Lipinski definition) is 0. The Hall–Kier alpha value is -2.02. The smallest absolute Gasteiger partial charge is 0.219 e. The van der Waals surface area contributed by atoms with E-state index in [0.717, 1.165) is 17.7 Å². The van der Waals surface area contributed by atoms with Crippen molar-refractivity contribution in [1.29, 1.82) is 5.26 Å². The van der Waals surface area contributed by atoms with Gasteiger partial charge in [0.15, 0.2) is 0 Å². The molecule has 20 heavy (non-hydrogen) atoms. The molecule has 0 aliphatic carbocycles. The molecular weight excluding hydrogens is 252 g/mol. The Bertz CT molecular complexity index is 572. The van der Waals surface area contributed by atoms with E-state index in [-0.39, 0.29) is 17.6 Å². The lowest BCUT2D eigenvalue weighted by molar-refractivity contribution is -0.132. The number of ether oxygens (including phenoxy) is 1. The van der Waals surface area contributed by atoms with Crippen LogP contribution in [0.1, 0.15) is 51.3 Å². The largest absolute Gasteiger partial charge is 0.487 e. The number of nitrogens with zero attached hydrogens (tertiary/aromatic N) is 2. The van der Waals surface area contributed by atoms with E-state index in [1.54, 1.807) is 13.0 Å². The number of amides is 1. The molecule has 0 radical (unpaired) electrons. The van der Waals surface area contributed by atoms with Crippen LogP contribution in [0.3, 0.4) is 0 Å². The molecule has 0 N–H and O–H groups in total. The molecule has 1 aliphatic heterocycles. The number of fused-ring (bicyclic) bond motifs is 1. The second kappa shape index (κ2) is 5.16. The highest BCUT2D eigenvalue weighted by Gasteiger charge is 2.37. The molecule has 4 heteroatoms. The molecule has 1 amide bonds. The molecule has 106 valence electrons. The van der Waals surface area contributed by atoms with Gasteiger partial charge >= 0.3 is 0 Å². The molecule has 0 spiro atoms. The van der Waals surface area contributed by atoms with Crippen LogP contribution in [0.15, 0.2) is 18.2 Å². The first kappa shape index (κ1) is 14.4. The summed E-state index contributed by atoms with van der Waals surface area (Å²) in [6, 6.07) is 7.52. The van der Waals surface area contributed by atoms with E-state index in [1.807, 2.05) is 37.8 Å². The maximum absolute atomic E-state index is 11.9. The molecule has 1 heterocycles. The number of nitriles is 1. The fraction of sp³-hybridized carbons (Fsp3) is 0.500. The van der Waals surface area contributed by atoms with Crippen LogP contribution in [0, 0.1) is 11.3 Å². The number of benzene rings is 1. The van der Waals surface area contributed by atoms with E-state index in [1.165, 1.54) is 0 Å². The third-order valence-corrected chi connectivity index (χ3v) is 3.69. The first-order chi connectivity index (χ1) is 9.38. The van der Waals surface area contributed by atoms with Gasteiger partial charge in [0.2, 0.25) is 5.91 Å². The van der Waals surface area contributed by atoms with Gasteiger partial charge in [0, 0.05) is 25.5 Å². The van der Waals surface area contributed by atoms with Crippen molar-refractivity contribution < 1.29 is 9.53 Å². The second-order valence-corrected chi connectivity index (χ2v) is 5.75. The van der Waals surface area contributed by atoms with Crippen LogP contribution < -0.4 is 4.74 Å². The third kappa shape index (κ3) is 2.62. The zero-order chi connectivity index (χ0) is 14.9. The van der Waals surface area contributed by atoms with Gasteiger partial charge in [0.05, 0.1) is 17.7 Å². The highest BCUT2D eigenvalue weighted by atomic mass is 16.5. The van der Waals surface area contributed by atoms with Crippen molar-refractivity contribution in [3.63, 3.8) is 0 Å². The van der Waals surface area contributed by atoms with Crippen molar-refractivity contribution in [3.8, 4) is 11.8 Å². The number of carbonyl (C=O) groups excluding carboxylic acids is 1. The summed E-state index contributed by atoms with van der Waals surface area (Å²) in [5, 5.41) is 9.06. The molecule has 2 rings (SSSR count). The summed E-state index contributed by atoms with van der Waals surface area (Å²) in [5.74, 6) is 0.813. The van der Waals surface area contributed by atoms with Gasteiger partial charge in [0.1, 0.15) is 11.4 Å². The topological polar surface area (TPSA) is 53.3 Å². The van der Waals surface area contributed by atoms with Crippen LogP contribution in [0.5, 0.6) is 5.75 Å². The normalized spacial score (nSPS) is 19.4. The molecule has 0 saturated carbocycles. The lowest BCUT2D eigenvalue weighted by atomic mass is 9.88. The maximum Gasteiger partial charge on any atom is 0.219 e. The monoisotopic (exact) mass is 272 g/mol. The van der Waals surface area contributed by atoms with Crippen molar-refractivity contribution in [2.75, 3.05) is 6.54 Å². The minimum atomic E-state index is -0.325. The maximum atomic E-state index is 11.9. The van der Waals surface area contributed by atoms with Crippen LogP contribution in [0.2, 0.25) is 0 Å². The van der Waals surface area contributed by atoms with E-state index < -0.39 is 0 Å². The summed E-state index contributed by atoms with van der Waals surface area (Å²) in [5.41, 5.74) is 1.20. The van der Waals surface area contributed by atoms with Gasteiger partial charge in [-0.25, -0.2) is 0 Å². The quantitative estimate of drug-likeness (QED) is 0.831. The molecule has 0 aromatic heterocycles. The standard InChI is InChI=1S/C16H20N2O2/c1-5-18(11(2)19)14-9-16(3,4)20-15-7-6-12(10-17)8-13(14)15/h6-8,14H,5,9H2,1-4H3. The van der Waals surface area contributed by atoms with Gasteiger partial charge < -0.3 is 9.64 Å². The molecule has 4 nitrogen and oxygen atoms in total. The average molecular weight is 272 g/mol. The highest BCUT2D eigenvalue weighted by molar-refractivity contribution is 5.74. The third-order valence-electron chi connectivity index (χ3n) is 3.69. The first-order valence-electron chi connectivity index (χ1n) is 6.88. The Morgan fingerprint density at radius 3 is 2.80 bits per heavy atom. The van der Waals surface area contributed by atoms with Crippen LogP contribution in [0.25, 0.3) is 0 Å². The summed E-state index contributed by atoms with van der Waals surface area (Å²) < 4.78 is 5.98. The summed E-state index contributed by atoms with van der Waals surface area (Å²) in [4.78, 5) is 13.7. The Morgan fingerprint density at radius 1 is 1.55 bits per heavy atom. The lowest BCUT2D eigenvalue weighted by Crippen LogP contribution is -2.43. The Labute approximate surface area is 120 Å².